The molecule has 0 aliphatic heterocycles. The Morgan fingerprint density at radius 1 is 0.152 bits per heavy atom. The predicted octanol–water partition coefficient (Wildman–Crippen LogP) is 34.0. The fourth-order valence-electron chi connectivity index (χ4n) is 23.0. The third-order valence-corrected chi connectivity index (χ3v) is 29.5. The number of furan rings is 2. The lowest BCUT2D eigenvalue weighted by atomic mass is 9.90. The Balaban J connectivity index is 0.000000101. The summed E-state index contributed by atoms with van der Waals surface area (Å²) in [6.45, 7) is 0. The van der Waals surface area contributed by atoms with Crippen molar-refractivity contribution in [1.82, 2.24) is 54.1 Å². The Labute approximate surface area is 829 Å². The number of hydrogen-bond donors (Lipinski definition) is 0. The molecule has 0 radical (unpaired) electrons. The highest BCUT2D eigenvalue weighted by Crippen LogP contribution is 2.55. The van der Waals surface area contributed by atoms with Crippen LogP contribution in [0.3, 0.4) is 0 Å². The minimum absolute atomic E-state index is 0.832. The van der Waals surface area contributed by atoms with Gasteiger partial charge in [-0.05, 0) is 284 Å². The molecule has 32 rings (SSSR count). The number of benzene rings is 23. The van der Waals surface area contributed by atoms with Crippen molar-refractivity contribution in [3.05, 3.63) is 479 Å². The van der Waals surface area contributed by atoms with Gasteiger partial charge < -0.3 is 18.0 Å². The molecule has 0 bridgehead atoms. The first-order valence-corrected chi connectivity index (χ1v) is 49.0. The van der Waals surface area contributed by atoms with Crippen LogP contribution >= 0.6 is 0 Å². The molecule has 2 aliphatic carbocycles. The first kappa shape index (κ1) is 81.3. The van der Waals surface area contributed by atoms with Gasteiger partial charge in [0.1, 0.15) is 55.4 Å². The molecule has 674 valence electrons. The van der Waals surface area contributed by atoms with E-state index in [2.05, 4.69) is 428 Å². The van der Waals surface area contributed by atoms with E-state index in [0.29, 0.717) is 0 Å². The molecular weight excluding hydrogens is 1770 g/mol. The predicted molar refractivity (Wildman–Crippen MR) is 594 cm³/mol. The maximum Gasteiger partial charge on any atom is 0.136 e. The molecule has 7 heterocycles. The number of nitrogens with zero attached hydrogens (tertiary/aromatic N) is 11. The molecule has 0 amide bonds. The van der Waals surface area contributed by atoms with E-state index in [0.717, 1.165) is 155 Å². The van der Waals surface area contributed by atoms with Crippen molar-refractivity contribution in [1.29, 1.82) is 0 Å². The van der Waals surface area contributed by atoms with Crippen molar-refractivity contribution in [2.75, 3.05) is 0 Å². The largest absolute Gasteiger partial charge is 0.456 e. The van der Waals surface area contributed by atoms with Crippen LogP contribution in [0.4, 0.5) is 0 Å². The van der Waals surface area contributed by atoms with Crippen molar-refractivity contribution in [3.63, 3.8) is 0 Å². The zero-order valence-electron chi connectivity index (χ0n) is 77.8. The summed E-state index contributed by atoms with van der Waals surface area (Å²) in [7, 11) is 0. The topological polar surface area (TPSA) is 128 Å². The van der Waals surface area contributed by atoms with E-state index < -0.39 is 0 Å². The Morgan fingerprint density at radius 2 is 0.545 bits per heavy atom. The highest BCUT2D eigenvalue weighted by Gasteiger charge is 2.31. The van der Waals surface area contributed by atoms with Gasteiger partial charge in [-0.15, -0.1) is 30.6 Å². The Hall–Kier alpha value is -19.8. The number of para-hydroxylation sites is 4. The average molecular weight is 1850 g/mol. The quantitative estimate of drug-likeness (QED) is 0.125. The molecule has 0 spiro atoms. The molecule has 0 fully saturated rings. The van der Waals surface area contributed by atoms with Crippen LogP contribution in [0.2, 0.25) is 0 Å². The van der Waals surface area contributed by atoms with E-state index in [9.17, 15) is 0 Å². The zero-order chi connectivity index (χ0) is 95.0. The van der Waals surface area contributed by atoms with Gasteiger partial charge in [-0.1, -0.05) is 328 Å². The molecule has 0 saturated carbocycles. The molecular formula is C132H79N11O2. The number of aromatic nitrogens is 11. The Morgan fingerprint density at radius 3 is 1.18 bits per heavy atom. The van der Waals surface area contributed by atoms with Crippen LogP contribution in [0.25, 0.3) is 293 Å². The third-order valence-electron chi connectivity index (χ3n) is 29.5. The minimum Gasteiger partial charge on any atom is -0.456 e. The second-order valence-corrected chi connectivity index (χ2v) is 37.6. The van der Waals surface area contributed by atoms with Gasteiger partial charge in [-0.2, -0.15) is 14.4 Å². The van der Waals surface area contributed by atoms with E-state index in [1.165, 1.54) is 137 Å². The normalized spacial score (nSPS) is 12.0. The van der Waals surface area contributed by atoms with Crippen LogP contribution < -0.4 is 0 Å². The molecule has 13 heteroatoms. The van der Waals surface area contributed by atoms with Gasteiger partial charge in [0.15, 0.2) is 0 Å². The highest BCUT2D eigenvalue weighted by atomic mass is 16.3. The first-order valence-electron chi connectivity index (χ1n) is 49.0. The summed E-state index contributed by atoms with van der Waals surface area (Å²) < 4.78 is 17.5. The van der Waals surface area contributed by atoms with Gasteiger partial charge in [0.05, 0.1) is 44.8 Å². The van der Waals surface area contributed by atoms with E-state index in [4.69, 9.17) is 39.4 Å². The van der Waals surface area contributed by atoms with Crippen molar-refractivity contribution < 1.29 is 8.83 Å². The molecule has 30 aromatic rings. The summed E-state index contributed by atoms with van der Waals surface area (Å²) in [6.07, 6.45) is 0. The van der Waals surface area contributed by atoms with E-state index in [1.807, 2.05) is 60.7 Å². The van der Waals surface area contributed by atoms with Crippen LogP contribution in [0.1, 0.15) is 0 Å². The van der Waals surface area contributed by atoms with Gasteiger partial charge in [0.25, 0.3) is 0 Å². The summed E-state index contributed by atoms with van der Waals surface area (Å²) in [5, 5.41) is 46.4. The van der Waals surface area contributed by atoms with Crippen molar-refractivity contribution in [2.45, 2.75) is 0 Å². The molecule has 0 atom stereocenters. The van der Waals surface area contributed by atoms with Gasteiger partial charge in [-0.3, -0.25) is 0 Å². The van der Waals surface area contributed by atoms with Crippen molar-refractivity contribution in [2.24, 2.45) is 0 Å². The van der Waals surface area contributed by atoms with Crippen molar-refractivity contribution >= 4 is 153 Å². The van der Waals surface area contributed by atoms with Gasteiger partial charge in [0, 0.05) is 59.7 Å². The fraction of sp³-hybridized carbons (Fsp3) is 0. The molecule has 23 aromatic carbocycles. The third kappa shape index (κ3) is 13.0. The van der Waals surface area contributed by atoms with Crippen LogP contribution in [0.15, 0.2) is 488 Å². The van der Waals surface area contributed by atoms with E-state index in [1.54, 1.807) is 14.4 Å². The summed E-state index contributed by atoms with van der Waals surface area (Å²) in [4.78, 5) is 5.20. The first-order chi connectivity index (χ1) is 71.9. The SMILES string of the molecule is c1ccc(-c2cc3c4c5c(cccc25)-c2ccccc2-c2cccc(c24)n3-c2ccc3nn(-c4ccccc4)nc3c2)cc1.c1ccc(-c2ccc(-n3nc4ccc(-c5ccccc5-n5c6cccc7c6c6c8c(cccc8ccc65)-c5ccccc5-7)cc4n3)cc2)cc1.c1ccc2cc(-n3nc4ccc(-c5cc(-c6cccc7oc8ccccc8c67)cc(-c6cccc7oc8ccccc8c67)c5)cc4n3)ccc2c1. The monoisotopic (exact) mass is 1850 g/mol. The maximum atomic E-state index is 6.32. The van der Waals surface area contributed by atoms with Crippen LogP contribution in [-0.2, 0) is 0 Å². The van der Waals surface area contributed by atoms with Gasteiger partial charge >= 0.3 is 0 Å². The molecule has 2 aliphatic rings. The summed E-state index contributed by atoms with van der Waals surface area (Å²) in [5.41, 5.74) is 42.3. The molecule has 0 N–H and O–H groups in total. The Bertz CT molecular complexity index is 10500. The molecule has 0 saturated heterocycles. The zero-order valence-corrected chi connectivity index (χ0v) is 77.8. The molecule has 7 aromatic heterocycles. The van der Waals surface area contributed by atoms with Crippen molar-refractivity contribution in [3.8, 4) is 140 Å². The standard InChI is InChI=1S/C46H28N4.C46H27N3O2.C40H24N4/c1-2-10-29(11-3-1)30-20-24-33(25-21-30)50-47-39-26-22-32(28-40(39)48-50)34-13-6-7-18-41(34)49-42-19-9-17-38-36-15-5-4-14-35(36)37-16-8-12-31-23-27-43(49)46(44(31)37)45(38)42;1-2-10-29-26-34(21-19-28(29)9-1)49-47-39-22-20-30(27-40(39)48-49)31-23-32(35-13-7-17-43-45(35)37-11-3-5-15-41(37)50-43)25-33(24-31)36-14-8-18-44-46(36)38-12-4-6-16-42(38)51-44;1-3-11-25(12-4-1)33-24-37-40-38-30(17-9-18-32(33)38)28-15-7-8-16-29(28)31-19-10-20-36(39(31)40)43(37)27-21-22-34-35(23-27)42-44(41-34)26-13-5-2-6-14-26/h1-28H;1-27H;1-24H. The summed E-state index contributed by atoms with van der Waals surface area (Å²) in [6, 6.07) is 170. The number of rotatable bonds is 11. The number of hydrogen-bond acceptors (Lipinski definition) is 8. The lowest BCUT2D eigenvalue weighted by molar-refractivity contribution is 0.668. The second-order valence-electron chi connectivity index (χ2n) is 37.6. The summed E-state index contributed by atoms with van der Waals surface area (Å²) in [5.74, 6) is 0. The van der Waals surface area contributed by atoms with Crippen LogP contribution in [0.5, 0.6) is 0 Å². The van der Waals surface area contributed by atoms with Crippen LogP contribution in [-0.4, -0.2) is 54.1 Å². The Kier molecular flexibility index (Phi) is 18.2. The lowest BCUT2D eigenvalue weighted by Gasteiger charge is -2.16. The second kappa shape index (κ2) is 32.4. The molecule has 0 unspecified atom stereocenters. The highest BCUT2D eigenvalue weighted by molar-refractivity contribution is 6.34. The minimum atomic E-state index is 0.832. The smallest absolute Gasteiger partial charge is 0.136 e. The number of fused-ring (bicyclic) bond motifs is 16. The van der Waals surface area contributed by atoms with Gasteiger partial charge in [-0.25, -0.2) is 0 Å². The van der Waals surface area contributed by atoms with Gasteiger partial charge in [0.2, 0.25) is 0 Å². The lowest BCUT2D eigenvalue weighted by Crippen LogP contribution is -1.98. The summed E-state index contributed by atoms with van der Waals surface area (Å²) >= 11 is 0. The fourth-order valence-corrected chi connectivity index (χ4v) is 23.0. The van der Waals surface area contributed by atoms with E-state index >= 15 is 0 Å². The van der Waals surface area contributed by atoms with E-state index in [-0.39, 0.29) is 0 Å². The molecule has 13 nitrogen and oxygen atoms in total. The average Bonchev–Trinajstić information content (AvgIpc) is 1.54. The maximum absolute atomic E-state index is 6.32. The molecule has 145 heavy (non-hydrogen) atoms. The van der Waals surface area contributed by atoms with Crippen LogP contribution in [0, 0.1) is 0 Å².